The normalized spacial score (nSPS) is 11.9. The van der Waals surface area contributed by atoms with Crippen LogP contribution in [0.5, 0.6) is 11.5 Å². The van der Waals surface area contributed by atoms with Gasteiger partial charge in [-0.3, -0.25) is 4.79 Å². The first-order valence-corrected chi connectivity index (χ1v) is 12.1. The number of carboxylic acids is 1. The van der Waals surface area contributed by atoms with Crippen molar-refractivity contribution in [1.82, 2.24) is 4.90 Å². The Kier molecular flexibility index (Phi) is 8.10. The van der Waals surface area contributed by atoms with Crippen molar-refractivity contribution in [3.05, 3.63) is 83.4 Å². The highest BCUT2D eigenvalue weighted by molar-refractivity contribution is 5.79. The van der Waals surface area contributed by atoms with Gasteiger partial charge in [-0.15, -0.1) is 0 Å². The molecule has 0 unspecified atom stereocenters. The second kappa shape index (κ2) is 11.6. The fraction of sp³-hybridized carbons (Fsp3) is 0.310. The largest absolute Gasteiger partial charge is 0.496 e. The SMILES string of the molecule is CCN(Cc1ccc(OCCCC(=O)O)cc1OC)C(=O)OCC1c2ccccc2-c2ccccc21. The Balaban J connectivity index is 1.39. The van der Waals surface area contributed by atoms with Crippen LogP contribution in [0.15, 0.2) is 66.7 Å². The van der Waals surface area contributed by atoms with E-state index in [0.29, 0.717) is 37.6 Å². The van der Waals surface area contributed by atoms with Gasteiger partial charge in [-0.25, -0.2) is 4.79 Å². The molecule has 0 aliphatic heterocycles. The van der Waals surface area contributed by atoms with Gasteiger partial charge in [0, 0.05) is 30.5 Å². The molecule has 0 radical (unpaired) electrons. The number of fused-ring (bicyclic) bond motifs is 3. The third-order valence-corrected chi connectivity index (χ3v) is 6.40. The fourth-order valence-electron chi connectivity index (χ4n) is 4.56. The highest BCUT2D eigenvalue weighted by Crippen LogP contribution is 2.44. The second-order valence-electron chi connectivity index (χ2n) is 8.64. The van der Waals surface area contributed by atoms with Crippen LogP contribution in [0.1, 0.15) is 42.4 Å². The van der Waals surface area contributed by atoms with Gasteiger partial charge in [-0.05, 0) is 47.7 Å². The predicted octanol–water partition coefficient (Wildman–Crippen LogP) is 5.71. The van der Waals surface area contributed by atoms with E-state index in [4.69, 9.17) is 19.3 Å². The summed E-state index contributed by atoms with van der Waals surface area (Å²) in [5, 5.41) is 8.75. The molecule has 1 aliphatic rings. The summed E-state index contributed by atoms with van der Waals surface area (Å²) in [7, 11) is 1.57. The number of methoxy groups -OCH3 is 1. The molecule has 3 aromatic rings. The summed E-state index contributed by atoms with van der Waals surface area (Å²) in [5.74, 6) is 0.340. The number of aliphatic carboxylic acids is 1. The molecule has 7 heteroatoms. The van der Waals surface area contributed by atoms with Gasteiger partial charge in [0.05, 0.1) is 20.3 Å². The van der Waals surface area contributed by atoms with E-state index in [9.17, 15) is 9.59 Å². The summed E-state index contributed by atoms with van der Waals surface area (Å²) in [5.41, 5.74) is 5.56. The lowest BCUT2D eigenvalue weighted by molar-refractivity contribution is -0.137. The van der Waals surface area contributed by atoms with Crippen LogP contribution < -0.4 is 9.47 Å². The van der Waals surface area contributed by atoms with Crippen molar-refractivity contribution < 1.29 is 28.9 Å². The summed E-state index contributed by atoms with van der Waals surface area (Å²) < 4.78 is 17.0. The highest BCUT2D eigenvalue weighted by Gasteiger charge is 2.29. The maximum absolute atomic E-state index is 13.0. The molecule has 0 heterocycles. The number of hydrogen-bond acceptors (Lipinski definition) is 5. The number of rotatable bonds is 11. The van der Waals surface area contributed by atoms with Crippen molar-refractivity contribution in [2.75, 3.05) is 26.9 Å². The Bertz CT molecular complexity index is 1180. The Morgan fingerprint density at radius 2 is 1.64 bits per heavy atom. The van der Waals surface area contributed by atoms with Crippen LogP contribution in [0.4, 0.5) is 4.79 Å². The van der Waals surface area contributed by atoms with Gasteiger partial charge in [0.15, 0.2) is 0 Å². The molecule has 0 spiro atoms. The minimum atomic E-state index is -0.848. The van der Waals surface area contributed by atoms with E-state index < -0.39 is 5.97 Å². The first kappa shape index (κ1) is 25.1. The lowest BCUT2D eigenvalue weighted by Gasteiger charge is -2.23. The fourth-order valence-corrected chi connectivity index (χ4v) is 4.56. The van der Waals surface area contributed by atoms with Gasteiger partial charge in [-0.1, -0.05) is 48.5 Å². The monoisotopic (exact) mass is 489 g/mol. The zero-order valence-electron chi connectivity index (χ0n) is 20.6. The number of hydrogen-bond donors (Lipinski definition) is 1. The molecule has 36 heavy (non-hydrogen) atoms. The average Bonchev–Trinajstić information content (AvgIpc) is 3.22. The molecule has 0 saturated heterocycles. The van der Waals surface area contributed by atoms with E-state index in [2.05, 4.69) is 24.3 Å². The number of benzene rings is 3. The van der Waals surface area contributed by atoms with E-state index in [1.165, 1.54) is 22.3 Å². The van der Waals surface area contributed by atoms with E-state index in [1.54, 1.807) is 24.1 Å². The number of amides is 1. The minimum Gasteiger partial charge on any atom is -0.496 e. The van der Waals surface area contributed by atoms with Crippen molar-refractivity contribution in [2.45, 2.75) is 32.2 Å². The molecule has 1 amide bonds. The molecule has 4 rings (SSSR count). The lowest BCUT2D eigenvalue weighted by atomic mass is 9.98. The molecule has 1 N–H and O–H groups in total. The molecule has 7 nitrogen and oxygen atoms in total. The van der Waals surface area contributed by atoms with E-state index >= 15 is 0 Å². The van der Waals surface area contributed by atoms with Crippen LogP contribution in [0.3, 0.4) is 0 Å². The molecule has 0 fully saturated rings. The summed E-state index contributed by atoms with van der Waals surface area (Å²) >= 11 is 0. The van der Waals surface area contributed by atoms with Gasteiger partial charge >= 0.3 is 12.1 Å². The zero-order valence-corrected chi connectivity index (χ0v) is 20.6. The Morgan fingerprint density at radius 3 is 2.25 bits per heavy atom. The summed E-state index contributed by atoms with van der Waals surface area (Å²) in [6, 6.07) is 21.9. The Morgan fingerprint density at radius 1 is 0.972 bits per heavy atom. The van der Waals surface area contributed by atoms with Gasteiger partial charge in [0.2, 0.25) is 0 Å². The molecule has 0 atom stereocenters. The number of nitrogens with zero attached hydrogens (tertiary/aromatic N) is 1. The molecule has 0 saturated carbocycles. The molecule has 0 aromatic heterocycles. The molecular weight excluding hydrogens is 458 g/mol. The van der Waals surface area contributed by atoms with Crippen molar-refractivity contribution >= 4 is 12.1 Å². The highest BCUT2D eigenvalue weighted by atomic mass is 16.6. The molecular formula is C29H31NO6. The van der Waals surface area contributed by atoms with Gasteiger partial charge < -0.3 is 24.2 Å². The van der Waals surface area contributed by atoms with Crippen molar-refractivity contribution in [3.8, 4) is 22.6 Å². The van der Waals surface area contributed by atoms with Crippen molar-refractivity contribution in [1.29, 1.82) is 0 Å². The van der Waals surface area contributed by atoms with Crippen LogP contribution in [-0.2, 0) is 16.1 Å². The van der Waals surface area contributed by atoms with Crippen LogP contribution in [0, 0.1) is 0 Å². The van der Waals surface area contributed by atoms with Gasteiger partial charge in [0.1, 0.15) is 18.1 Å². The van der Waals surface area contributed by atoms with Crippen LogP contribution in [0.2, 0.25) is 0 Å². The molecule has 188 valence electrons. The molecule has 0 bridgehead atoms. The first-order valence-electron chi connectivity index (χ1n) is 12.1. The zero-order chi connectivity index (χ0) is 25.5. The second-order valence-corrected chi connectivity index (χ2v) is 8.64. The number of carbonyl (C=O) groups is 2. The quantitative estimate of drug-likeness (QED) is 0.347. The van der Waals surface area contributed by atoms with Crippen molar-refractivity contribution in [3.63, 3.8) is 0 Å². The predicted molar refractivity (Wildman–Crippen MR) is 137 cm³/mol. The minimum absolute atomic E-state index is 0.00662. The number of carbonyl (C=O) groups excluding carboxylic acids is 1. The third-order valence-electron chi connectivity index (χ3n) is 6.40. The van der Waals surface area contributed by atoms with E-state index in [-0.39, 0.29) is 25.0 Å². The maximum Gasteiger partial charge on any atom is 0.410 e. The van der Waals surface area contributed by atoms with Crippen molar-refractivity contribution in [2.24, 2.45) is 0 Å². The number of ether oxygens (including phenoxy) is 3. The van der Waals surface area contributed by atoms with Crippen LogP contribution >= 0.6 is 0 Å². The first-order chi connectivity index (χ1) is 17.5. The average molecular weight is 490 g/mol. The summed E-state index contributed by atoms with van der Waals surface area (Å²) in [6.07, 6.45) is 0.0985. The smallest absolute Gasteiger partial charge is 0.410 e. The lowest BCUT2D eigenvalue weighted by Crippen LogP contribution is -2.32. The van der Waals surface area contributed by atoms with Gasteiger partial charge in [-0.2, -0.15) is 0 Å². The van der Waals surface area contributed by atoms with E-state index in [1.807, 2.05) is 37.3 Å². The Hall–Kier alpha value is -4.00. The molecule has 3 aromatic carbocycles. The standard InChI is InChI=1S/C29H31NO6/c1-3-30(18-20-14-15-21(17-27(20)34-2)35-16-8-13-28(31)32)29(33)36-19-26-24-11-6-4-9-22(24)23-10-5-7-12-25(23)26/h4-7,9-12,14-15,17,26H,3,8,13,16,18-19H2,1-2H3,(H,31,32). The third kappa shape index (κ3) is 5.62. The van der Waals surface area contributed by atoms with E-state index in [0.717, 1.165) is 5.56 Å². The van der Waals surface area contributed by atoms with Crippen LogP contribution in [-0.4, -0.2) is 48.9 Å². The Labute approximate surface area is 211 Å². The topological polar surface area (TPSA) is 85.3 Å². The van der Waals surface area contributed by atoms with Crippen LogP contribution in [0.25, 0.3) is 11.1 Å². The summed E-state index contributed by atoms with van der Waals surface area (Å²) in [4.78, 5) is 25.3. The summed E-state index contributed by atoms with van der Waals surface area (Å²) in [6.45, 7) is 3.29. The van der Waals surface area contributed by atoms with Gasteiger partial charge in [0.25, 0.3) is 0 Å². The number of carboxylic acid groups (broad SMARTS) is 1. The molecule has 1 aliphatic carbocycles. The maximum atomic E-state index is 13.0.